The third-order valence-electron chi connectivity index (χ3n) is 3.10. The number of hydrogen-bond donors (Lipinski definition) is 0. The number of aromatic nitrogens is 2. The molecule has 1 unspecified atom stereocenters. The number of halogens is 2. The number of alkyl halides is 1. The topological polar surface area (TPSA) is 17.8 Å². The average Bonchev–Trinajstić information content (AvgIpc) is 2.51. The van der Waals surface area contributed by atoms with Gasteiger partial charge in [0.2, 0.25) is 0 Å². The maximum Gasteiger partial charge on any atom is 0.0766 e. The summed E-state index contributed by atoms with van der Waals surface area (Å²) in [6.07, 6.45) is 1.95. The molecule has 0 fully saturated rings. The van der Waals surface area contributed by atoms with E-state index in [0.717, 1.165) is 23.0 Å². The van der Waals surface area contributed by atoms with Crippen molar-refractivity contribution in [2.75, 3.05) is 5.88 Å². The summed E-state index contributed by atoms with van der Waals surface area (Å²) < 4.78 is 3.14. The van der Waals surface area contributed by atoms with Crippen LogP contribution in [0, 0.1) is 11.8 Å². The summed E-state index contributed by atoms with van der Waals surface area (Å²) in [5.74, 6) is 1.82. The second-order valence-corrected chi connectivity index (χ2v) is 5.65. The van der Waals surface area contributed by atoms with Crippen molar-refractivity contribution in [3.05, 3.63) is 15.9 Å². The van der Waals surface area contributed by atoms with Crippen molar-refractivity contribution in [1.29, 1.82) is 0 Å². The highest BCUT2D eigenvalue weighted by Crippen LogP contribution is 2.26. The normalized spacial score (nSPS) is 13.4. The molecule has 0 amide bonds. The highest BCUT2D eigenvalue weighted by Gasteiger charge is 2.19. The van der Waals surface area contributed by atoms with E-state index in [9.17, 15) is 0 Å². The summed E-state index contributed by atoms with van der Waals surface area (Å²) in [6, 6.07) is 0. The molecule has 0 aromatic carbocycles. The molecule has 0 bridgehead atoms. The minimum Gasteiger partial charge on any atom is -0.271 e. The van der Waals surface area contributed by atoms with Crippen LogP contribution in [0.2, 0.25) is 0 Å². The third-order valence-corrected chi connectivity index (χ3v) is 4.41. The van der Waals surface area contributed by atoms with E-state index in [0.29, 0.717) is 17.7 Å². The zero-order valence-corrected chi connectivity index (χ0v) is 12.8. The molecule has 1 atom stereocenters. The zero-order valence-electron chi connectivity index (χ0n) is 10.4. The fraction of sp³-hybridized carbons (Fsp3) is 0.750. The molecule has 1 heterocycles. The Morgan fingerprint density at radius 1 is 1.44 bits per heavy atom. The van der Waals surface area contributed by atoms with Gasteiger partial charge in [0.15, 0.2) is 0 Å². The second-order valence-electron chi connectivity index (χ2n) is 4.55. The molecule has 2 nitrogen and oxygen atoms in total. The van der Waals surface area contributed by atoms with Gasteiger partial charge in [0.05, 0.1) is 15.9 Å². The number of nitrogens with zero attached hydrogens (tertiary/aromatic N) is 2. The zero-order chi connectivity index (χ0) is 12.3. The van der Waals surface area contributed by atoms with Crippen LogP contribution >= 0.6 is 27.5 Å². The number of hydrogen-bond acceptors (Lipinski definition) is 1. The molecule has 0 radical (unpaired) electrons. The summed E-state index contributed by atoms with van der Waals surface area (Å²) in [5, 5.41) is 4.50. The molecule has 0 aliphatic rings. The van der Waals surface area contributed by atoms with E-state index in [2.05, 4.69) is 41.8 Å². The summed E-state index contributed by atoms with van der Waals surface area (Å²) in [7, 11) is 2.00. The van der Waals surface area contributed by atoms with Gasteiger partial charge in [-0.3, -0.25) is 4.68 Å². The summed E-state index contributed by atoms with van der Waals surface area (Å²) in [5.41, 5.74) is 2.39. The molecule has 0 saturated heterocycles. The van der Waals surface area contributed by atoms with E-state index in [1.54, 1.807) is 0 Å². The Morgan fingerprint density at radius 3 is 2.44 bits per heavy atom. The van der Waals surface area contributed by atoms with Crippen LogP contribution in [0.5, 0.6) is 0 Å². The van der Waals surface area contributed by atoms with Crippen molar-refractivity contribution in [2.45, 2.75) is 33.6 Å². The van der Waals surface area contributed by atoms with E-state index >= 15 is 0 Å². The predicted octanol–water partition coefficient (Wildman–Crippen LogP) is 3.80. The van der Waals surface area contributed by atoms with Gasteiger partial charge in [-0.25, -0.2) is 0 Å². The maximum absolute atomic E-state index is 6.01. The molecule has 0 spiro atoms. The lowest BCUT2D eigenvalue weighted by Gasteiger charge is -2.18. The standard InChI is InChI=1S/C12H20BrClN2/c1-5-10-12(13)11(16(4)15-10)6-9(7-14)8(2)3/h8-9H,5-7H2,1-4H3. The van der Waals surface area contributed by atoms with Crippen LogP contribution in [0.25, 0.3) is 0 Å². The Labute approximate surface area is 111 Å². The van der Waals surface area contributed by atoms with Gasteiger partial charge in [0, 0.05) is 12.9 Å². The summed E-state index contributed by atoms with van der Waals surface area (Å²) >= 11 is 9.66. The largest absolute Gasteiger partial charge is 0.271 e. The molecule has 92 valence electrons. The molecule has 16 heavy (non-hydrogen) atoms. The number of aryl methyl sites for hydroxylation is 2. The van der Waals surface area contributed by atoms with Gasteiger partial charge >= 0.3 is 0 Å². The Kier molecular flexibility index (Phi) is 5.32. The molecule has 0 saturated carbocycles. The van der Waals surface area contributed by atoms with Crippen LogP contribution < -0.4 is 0 Å². The smallest absolute Gasteiger partial charge is 0.0766 e. The van der Waals surface area contributed by atoms with Crippen molar-refractivity contribution in [1.82, 2.24) is 9.78 Å². The first-order chi connectivity index (χ1) is 7.51. The molecule has 0 aliphatic heterocycles. The van der Waals surface area contributed by atoms with Gasteiger partial charge in [0.1, 0.15) is 0 Å². The van der Waals surface area contributed by atoms with Crippen LogP contribution in [-0.2, 0) is 19.9 Å². The van der Waals surface area contributed by atoms with Crippen molar-refractivity contribution in [3.63, 3.8) is 0 Å². The minimum atomic E-state index is 0.512. The highest BCUT2D eigenvalue weighted by molar-refractivity contribution is 9.10. The third kappa shape index (κ3) is 3.01. The Balaban J connectivity index is 2.91. The highest BCUT2D eigenvalue weighted by atomic mass is 79.9. The van der Waals surface area contributed by atoms with Gasteiger partial charge in [-0.05, 0) is 40.6 Å². The van der Waals surface area contributed by atoms with Crippen molar-refractivity contribution < 1.29 is 0 Å². The summed E-state index contributed by atoms with van der Waals surface area (Å²) in [4.78, 5) is 0. The Morgan fingerprint density at radius 2 is 2.06 bits per heavy atom. The van der Waals surface area contributed by atoms with E-state index in [1.807, 2.05) is 11.7 Å². The lowest BCUT2D eigenvalue weighted by molar-refractivity contribution is 0.411. The number of rotatable bonds is 5. The van der Waals surface area contributed by atoms with Crippen LogP contribution in [0.1, 0.15) is 32.2 Å². The van der Waals surface area contributed by atoms with Crippen molar-refractivity contribution in [3.8, 4) is 0 Å². The molecule has 0 aliphatic carbocycles. The molecule has 1 aromatic rings. The first-order valence-electron chi connectivity index (χ1n) is 5.77. The lowest BCUT2D eigenvalue weighted by Crippen LogP contribution is -2.16. The Bertz CT molecular complexity index is 347. The quantitative estimate of drug-likeness (QED) is 0.757. The predicted molar refractivity (Wildman–Crippen MR) is 73.0 cm³/mol. The summed E-state index contributed by atoms with van der Waals surface area (Å²) in [6.45, 7) is 6.56. The monoisotopic (exact) mass is 306 g/mol. The van der Waals surface area contributed by atoms with E-state index < -0.39 is 0 Å². The van der Waals surface area contributed by atoms with Crippen molar-refractivity contribution >= 4 is 27.5 Å². The average molecular weight is 308 g/mol. The lowest BCUT2D eigenvalue weighted by atomic mass is 9.93. The molecule has 4 heteroatoms. The molecular formula is C12H20BrClN2. The van der Waals surface area contributed by atoms with Gasteiger partial charge in [0.25, 0.3) is 0 Å². The van der Waals surface area contributed by atoms with Crippen molar-refractivity contribution in [2.24, 2.45) is 18.9 Å². The molecule has 0 N–H and O–H groups in total. The van der Waals surface area contributed by atoms with Crippen LogP contribution in [-0.4, -0.2) is 15.7 Å². The first-order valence-corrected chi connectivity index (χ1v) is 7.10. The minimum absolute atomic E-state index is 0.512. The maximum atomic E-state index is 6.01. The van der Waals surface area contributed by atoms with Gasteiger partial charge < -0.3 is 0 Å². The molecular weight excluding hydrogens is 288 g/mol. The first kappa shape index (κ1) is 14.0. The fourth-order valence-corrected chi connectivity index (χ4v) is 3.00. The SMILES string of the molecule is CCc1nn(C)c(CC(CCl)C(C)C)c1Br. The van der Waals surface area contributed by atoms with Crippen LogP contribution in [0.3, 0.4) is 0 Å². The molecule has 1 rings (SSSR count). The van der Waals surface area contributed by atoms with E-state index in [1.165, 1.54) is 5.69 Å². The van der Waals surface area contributed by atoms with E-state index in [4.69, 9.17) is 11.6 Å². The second kappa shape index (κ2) is 6.06. The van der Waals surface area contributed by atoms with Crippen LogP contribution in [0.15, 0.2) is 4.47 Å². The van der Waals surface area contributed by atoms with E-state index in [-0.39, 0.29) is 0 Å². The molecule has 1 aromatic heterocycles. The van der Waals surface area contributed by atoms with Gasteiger partial charge in [-0.1, -0.05) is 20.8 Å². The van der Waals surface area contributed by atoms with Gasteiger partial charge in [-0.2, -0.15) is 5.10 Å². The van der Waals surface area contributed by atoms with Crippen LogP contribution in [0.4, 0.5) is 0 Å². The Hall–Kier alpha value is -0.0200. The van der Waals surface area contributed by atoms with Gasteiger partial charge in [-0.15, -0.1) is 11.6 Å². The fourth-order valence-electron chi connectivity index (χ4n) is 1.76.